The third kappa shape index (κ3) is 12.9. The van der Waals surface area contributed by atoms with E-state index in [-0.39, 0.29) is 58.4 Å². The number of aliphatic hydroxyl groups excluding tert-OH is 8. The van der Waals surface area contributed by atoms with Crippen molar-refractivity contribution >= 4 is 109 Å². The van der Waals surface area contributed by atoms with Crippen LogP contribution in [0.3, 0.4) is 0 Å². The molecule has 0 fully saturated rings. The van der Waals surface area contributed by atoms with E-state index >= 15 is 0 Å². The lowest BCUT2D eigenvalue weighted by atomic mass is 10.1. The summed E-state index contributed by atoms with van der Waals surface area (Å²) < 4.78 is 5.77. The normalized spacial score (nSPS) is 19.1. The van der Waals surface area contributed by atoms with Gasteiger partial charge in [-0.05, 0) is 52.7 Å². The van der Waals surface area contributed by atoms with Crippen molar-refractivity contribution in [3.8, 4) is 43.4 Å². The van der Waals surface area contributed by atoms with Gasteiger partial charge in [0.1, 0.15) is 87.7 Å². The molecule has 0 radical (unpaired) electrons. The van der Waals surface area contributed by atoms with Gasteiger partial charge in [0, 0.05) is 45.0 Å². The molecule has 402 valence electrons. The standard InChI is InChI=1S/C49H51N13O9S6/c1-9-25(38(65)50-13-21(5)63)52-39(66)29-16-74-47(57-29)33-19-75-46(59-33)27-12-11-24-37(51-27)28-14-76-49(54-28)36(23(7)71-8)62-42(69)32-18-77-48(58-32)34(20(3)4)60-40(67)31-17-73-45(56-31)26(10-2)53-43(70)35(22(6)64)61-41(68)30-15-72-44(24)55-30/h9-12,14-23,34-36,63-64H,13H2,1-8H3,(H,50,65)(H,52,66)(H,53,70)(H,60,67)(H,61,68)(H,62,69). The second-order valence-electron chi connectivity index (χ2n) is 17.3. The Hall–Kier alpha value is -6.89. The number of rotatable bonds is 11. The van der Waals surface area contributed by atoms with Crippen molar-refractivity contribution in [3.63, 3.8) is 0 Å². The molecule has 8 rings (SSSR count). The minimum absolute atomic E-state index is 0.00520. The highest BCUT2D eigenvalue weighted by molar-refractivity contribution is 7.15. The molecule has 0 saturated heterocycles. The van der Waals surface area contributed by atoms with Gasteiger partial charge in [0.2, 0.25) is 35.4 Å². The highest BCUT2D eigenvalue weighted by Gasteiger charge is 2.29. The van der Waals surface area contributed by atoms with E-state index in [1.54, 1.807) is 71.3 Å². The van der Waals surface area contributed by atoms with Gasteiger partial charge in [0.15, 0.2) is 6.04 Å². The number of thiazole rings is 6. The maximum atomic E-state index is 11.6. The van der Waals surface area contributed by atoms with Gasteiger partial charge >= 0.3 is 0 Å². The SMILES string of the molecule is CC=C(N=C(O)c1csc(-c2csc(-c3ccc4c(n3)-c3csc(n3)C(C(C)OC)N=C(O)c3csc(n3)C(C(C)C)N=C(O)c3csc(n3)C(=CC)N=C(O)C(C(C)O)N=C(O)c3csc-4n3)n2)n1)C(O)=NCC(C)O. The van der Waals surface area contributed by atoms with Crippen molar-refractivity contribution in [1.29, 1.82) is 0 Å². The third-order valence-corrected chi connectivity index (χ3v) is 16.5. The minimum Gasteiger partial charge on any atom is -0.495 e. The molecule has 6 atom stereocenters. The Morgan fingerprint density at radius 2 is 1.17 bits per heavy atom. The fraction of sp³-hybridized carbons (Fsp3) is 0.327. The predicted octanol–water partition coefficient (Wildman–Crippen LogP) is 10.2. The summed E-state index contributed by atoms with van der Waals surface area (Å²) in [5.41, 5.74) is 2.93. The number of fused-ring (bicyclic) bond motifs is 11. The molecule has 77 heavy (non-hydrogen) atoms. The molecule has 22 nitrogen and oxygen atoms in total. The van der Waals surface area contributed by atoms with Crippen LogP contribution in [0.15, 0.2) is 92.2 Å². The topological polar surface area (TPSA) is 335 Å². The summed E-state index contributed by atoms with van der Waals surface area (Å²) in [4.78, 5) is 59.4. The third-order valence-electron chi connectivity index (χ3n) is 11.2. The monoisotopic (exact) mass is 1160 g/mol. The fourth-order valence-electron chi connectivity index (χ4n) is 7.08. The quantitative estimate of drug-likeness (QED) is 0.0441. The van der Waals surface area contributed by atoms with E-state index in [1.807, 2.05) is 13.8 Å². The van der Waals surface area contributed by atoms with Gasteiger partial charge in [-0.25, -0.2) is 64.8 Å². The highest BCUT2D eigenvalue weighted by atomic mass is 32.1. The molecule has 8 bridgehead atoms. The van der Waals surface area contributed by atoms with Crippen molar-refractivity contribution < 1.29 is 45.6 Å². The van der Waals surface area contributed by atoms with E-state index in [1.165, 1.54) is 83.7 Å². The number of hydrogen-bond donors (Lipinski definition) is 8. The smallest absolute Gasteiger partial charge is 0.239 e. The first-order chi connectivity index (χ1) is 36.8. The zero-order valence-corrected chi connectivity index (χ0v) is 47.2. The average molecular weight is 1160 g/mol. The Morgan fingerprint density at radius 1 is 0.623 bits per heavy atom. The molecule has 0 aliphatic carbocycles. The Balaban J connectivity index is 1.22. The molecule has 8 N–H and O–H groups in total. The van der Waals surface area contributed by atoms with Crippen LogP contribution >= 0.6 is 68.0 Å². The molecule has 1 aliphatic rings. The summed E-state index contributed by atoms with van der Waals surface area (Å²) in [7, 11) is 1.53. The summed E-state index contributed by atoms with van der Waals surface area (Å²) >= 11 is 7.32. The van der Waals surface area contributed by atoms with Crippen molar-refractivity contribution in [1.82, 2.24) is 34.9 Å². The van der Waals surface area contributed by atoms with Crippen molar-refractivity contribution in [2.45, 2.75) is 84.9 Å². The van der Waals surface area contributed by atoms with Gasteiger partial charge in [-0.3, -0.25) is 0 Å². The van der Waals surface area contributed by atoms with Crippen LogP contribution < -0.4 is 0 Å². The molecule has 8 heterocycles. The second kappa shape index (κ2) is 24.6. The number of methoxy groups -OCH3 is 1. The van der Waals surface area contributed by atoms with Gasteiger partial charge in [0.25, 0.3) is 0 Å². The van der Waals surface area contributed by atoms with Gasteiger partial charge < -0.3 is 45.6 Å². The minimum atomic E-state index is -1.43. The average Bonchev–Trinajstić information content (AvgIpc) is 4.28. The zero-order chi connectivity index (χ0) is 55.2. The van der Waals surface area contributed by atoms with Crippen LogP contribution in [0.4, 0.5) is 0 Å². The van der Waals surface area contributed by atoms with E-state index in [2.05, 4.69) is 34.9 Å². The predicted molar refractivity (Wildman–Crippen MR) is 306 cm³/mol. The van der Waals surface area contributed by atoms with Crippen LogP contribution in [0.2, 0.25) is 0 Å². The first-order valence-corrected chi connectivity index (χ1v) is 28.7. The summed E-state index contributed by atoms with van der Waals surface area (Å²) in [5, 5.41) is 99.9. The molecule has 7 aromatic heterocycles. The van der Waals surface area contributed by atoms with E-state index in [0.717, 1.165) is 11.3 Å². The Kier molecular flexibility index (Phi) is 18.0. The lowest BCUT2D eigenvalue weighted by Gasteiger charge is -2.17. The summed E-state index contributed by atoms with van der Waals surface area (Å²) in [6.45, 7) is 11.8. The van der Waals surface area contributed by atoms with Crippen molar-refractivity contribution in [2.24, 2.45) is 35.9 Å². The Labute approximate surface area is 464 Å². The molecule has 28 heteroatoms. The molecule has 1 aliphatic heterocycles. The number of pyridine rings is 1. The second-order valence-corrected chi connectivity index (χ2v) is 22.5. The number of nitrogens with zero attached hydrogens (tertiary/aromatic N) is 13. The van der Waals surface area contributed by atoms with Crippen LogP contribution in [0.25, 0.3) is 49.1 Å². The van der Waals surface area contributed by atoms with Crippen LogP contribution in [-0.2, 0) is 4.74 Å². The number of hydrogen-bond acceptors (Lipinski definition) is 22. The molecule has 0 spiro atoms. The van der Waals surface area contributed by atoms with E-state index in [9.17, 15) is 40.9 Å². The number of aliphatic imine (C=N–C) groups is 6. The van der Waals surface area contributed by atoms with Gasteiger partial charge in [0.05, 0.1) is 36.2 Å². The first kappa shape index (κ1) is 56.3. The fourth-order valence-corrected chi connectivity index (χ4v) is 12.3. The molecule has 0 amide bonds. The molecule has 7 aromatic rings. The molecular weight excluding hydrogens is 1110 g/mol. The summed E-state index contributed by atoms with van der Waals surface area (Å²) in [6.07, 6.45) is 0.349. The maximum Gasteiger partial charge on any atom is 0.239 e. The summed E-state index contributed by atoms with van der Waals surface area (Å²) in [5.74, 6) is -3.02. The largest absolute Gasteiger partial charge is 0.495 e. The van der Waals surface area contributed by atoms with E-state index < -0.39 is 60.0 Å². The zero-order valence-electron chi connectivity index (χ0n) is 42.3. The lowest BCUT2D eigenvalue weighted by Crippen LogP contribution is -2.31. The van der Waals surface area contributed by atoms with Crippen LogP contribution in [0.5, 0.6) is 0 Å². The number of ether oxygens (including phenoxy) is 1. The molecule has 0 saturated carbocycles. The van der Waals surface area contributed by atoms with Crippen LogP contribution in [0.1, 0.15) is 98.3 Å². The van der Waals surface area contributed by atoms with Crippen LogP contribution in [-0.4, -0.2) is 149 Å². The molecule has 0 aromatic carbocycles. The highest BCUT2D eigenvalue weighted by Crippen LogP contribution is 2.39. The summed E-state index contributed by atoms with van der Waals surface area (Å²) in [6, 6.07) is 0.652. The molecular formula is C49H51N13O9S6. The van der Waals surface area contributed by atoms with Crippen molar-refractivity contribution in [3.05, 3.63) is 100 Å². The lowest BCUT2D eigenvalue weighted by molar-refractivity contribution is 0.0957. The number of aliphatic hydroxyl groups is 8. The van der Waals surface area contributed by atoms with E-state index in [0.29, 0.717) is 58.4 Å². The van der Waals surface area contributed by atoms with Crippen LogP contribution in [0, 0.1) is 5.92 Å². The van der Waals surface area contributed by atoms with E-state index in [4.69, 9.17) is 34.6 Å². The van der Waals surface area contributed by atoms with Gasteiger partial charge in [-0.1, -0.05) is 26.0 Å². The number of allylic oxidation sites excluding steroid dienone is 2. The van der Waals surface area contributed by atoms with Gasteiger partial charge in [-0.2, -0.15) is 0 Å². The van der Waals surface area contributed by atoms with Crippen molar-refractivity contribution in [2.75, 3.05) is 13.7 Å². The number of aromatic nitrogens is 7. The Morgan fingerprint density at radius 3 is 1.82 bits per heavy atom. The van der Waals surface area contributed by atoms with Gasteiger partial charge in [-0.15, -0.1) is 68.0 Å². The first-order valence-electron chi connectivity index (χ1n) is 23.4. The Bertz CT molecular complexity index is 3500. The maximum absolute atomic E-state index is 11.6. The molecule has 6 unspecified atom stereocenters.